The van der Waals surface area contributed by atoms with Crippen LogP contribution < -0.4 is 10.6 Å². The number of amides is 1. The third kappa shape index (κ3) is 5.76. The fourth-order valence-corrected chi connectivity index (χ4v) is 5.02. The number of halogens is 1. The topological polar surface area (TPSA) is 69.2 Å². The van der Waals surface area contributed by atoms with Gasteiger partial charge in [-0.3, -0.25) is 14.7 Å². The van der Waals surface area contributed by atoms with Gasteiger partial charge in [0.25, 0.3) is 0 Å². The van der Waals surface area contributed by atoms with Crippen LogP contribution >= 0.6 is 24.0 Å². The summed E-state index contributed by atoms with van der Waals surface area (Å²) in [6, 6.07) is 0.395. The molecule has 0 spiro atoms. The molecular formula is C21H38IN5O2. The van der Waals surface area contributed by atoms with Crippen LogP contribution in [0.15, 0.2) is 4.99 Å². The Morgan fingerprint density at radius 2 is 1.72 bits per heavy atom. The molecule has 0 unspecified atom stereocenters. The molecule has 1 saturated carbocycles. The summed E-state index contributed by atoms with van der Waals surface area (Å²) in [6.07, 6.45) is 9.02. The highest BCUT2D eigenvalue weighted by Crippen LogP contribution is 2.32. The molecule has 0 aromatic rings. The van der Waals surface area contributed by atoms with E-state index in [1.54, 1.807) is 0 Å². The number of hydrogen-bond acceptors (Lipinski definition) is 4. The van der Waals surface area contributed by atoms with E-state index in [9.17, 15) is 4.79 Å². The van der Waals surface area contributed by atoms with Gasteiger partial charge in [0.1, 0.15) is 0 Å². The van der Waals surface area contributed by atoms with Crippen LogP contribution in [0.25, 0.3) is 0 Å². The van der Waals surface area contributed by atoms with Gasteiger partial charge in [-0.05, 0) is 64.5 Å². The van der Waals surface area contributed by atoms with Gasteiger partial charge in [0, 0.05) is 57.4 Å². The molecule has 1 aliphatic carbocycles. The number of nitrogens with zero attached hydrogens (tertiary/aromatic N) is 3. The lowest BCUT2D eigenvalue weighted by Gasteiger charge is -2.45. The molecule has 8 heteroatoms. The van der Waals surface area contributed by atoms with Gasteiger partial charge in [-0.2, -0.15) is 0 Å². The first kappa shape index (κ1) is 23.1. The van der Waals surface area contributed by atoms with Crippen LogP contribution in [0.4, 0.5) is 0 Å². The molecule has 1 amide bonds. The van der Waals surface area contributed by atoms with Crippen molar-refractivity contribution < 1.29 is 9.53 Å². The summed E-state index contributed by atoms with van der Waals surface area (Å²) in [6.45, 7) is 6.81. The molecule has 0 aromatic carbocycles. The standard InChI is InChI=1S/C21H37N5O2.HI/c1-22-20(24-18-6-12-25(13-7-18)19(27)17-4-5-17)23-16-21(8-14-28-15-9-21)26-10-2-3-11-26;/h17-18H,2-16H2,1H3,(H2,22,23,24);1H. The molecule has 4 aliphatic rings. The summed E-state index contributed by atoms with van der Waals surface area (Å²) in [5, 5.41) is 7.24. The lowest BCUT2D eigenvalue weighted by atomic mass is 9.88. The lowest BCUT2D eigenvalue weighted by molar-refractivity contribution is -0.133. The highest BCUT2D eigenvalue weighted by atomic mass is 127. The van der Waals surface area contributed by atoms with Crippen LogP contribution in [0.1, 0.15) is 51.4 Å². The number of nitrogens with one attached hydrogen (secondary N) is 2. The van der Waals surface area contributed by atoms with E-state index in [4.69, 9.17) is 4.74 Å². The van der Waals surface area contributed by atoms with Gasteiger partial charge >= 0.3 is 0 Å². The second-order valence-corrected chi connectivity index (χ2v) is 8.97. The van der Waals surface area contributed by atoms with Crippen LogP contribution in [0, 0.1) is 5.92 Å². The number of ether oxygens (including phenoxy) is 1. The van der Waals surface area contributed by atoms with E-state index in [-0.39, 0.29) is 29.5 Å². The van der Waals surface area contributed by atoms with E-state index < -0.39 is 0 Å². The Kier molecular flexibility index (Phi) is 8.44. The minimum absolute atomic E-state index is 0. The minimum atomic E-state index is 0. The largest absolute Gasteiger partial charge is 0.381 e. The summed E-state index contributed by atoms with van der Waals surface area (Å²) in [7, 11) is 1.85. The Morgan fingerprint density at radius 3 is 2.31 bits per heavy atom. The summed E-state index contributed by atoms with van der Waals surface area (Å²) < 4.78 is 5.66. The first-order valence-electron chi connectivity index (χ1n) is 11.3. The zero-order valence-electron chi connectivity index (χ0n) is 17.8. The van der Waals surface area contributed by atoms with Crippen molar-refractivity contribution in [1.82, 2.24) is 20.4 Å². The van der Waals surface area contributed by atoms with Crippen LogP contribution in [-0.4, -0.2) is 86.2 Å². The second-order valence-electron chi connectivity index (χ2n) is 8.97. The monoisotopic (exact) mass is 519 g/mol. The molecule has 0 atom stereocenters. The van der Waals surface area contributed by atoms with Crippen molar-refractivity contribution in [2.75, 3.05) is 53.0 Å². The number of piperidine rings is 1. The Bertz CT molecular complexity index is 563. The molecule has 0 aromatic heterocycles. The Balaban J connectivity index is 0.00000240. The van der Waals surface area contributed by atoms with E-state index in [0.717, 1.165) is 77.3 Å². The zero-order chi connectivity index (χ0) is 19.4. The number of carbonyl (C=O) groups excluding carboxylic acids is 1. The van der Waals surface area contributed by atoms with E-state index in [0.29, 0.717) is 17.9 Å². The van der Waals surface area contributed by atoms with Gasteiger partial charge in [-0.25, -0.2) is 0 Å². The predicted octanol–water partition coefficient (Wildman–Crippen LogP) is 1.82. The maximum absolute atomic E-state index is 12.2. The van der Waals surface area contributed by atoms with Crippen molar-refractivity contribution in [2.45, 2.75) is 62.9 Å². The van der Waals surface area contributed by atoms with Gasteiger partial charge in [0.15, 0.2) is 5.96 Å². The first-order chi connectivity index (χ1) is 13.7. The number of aliphatic imine (C=N–C) groups is 1. The number of hydrogen-bond donors (Lipinski definition) is 2. The number of carbonyl (C=O) groups is 1. The lowest BCUT2D eigenvalue weighted by Crippen LogP contribution is -2.59. The third-order valence-electron chi connectivity index (χ3n) is 7.08. The van der Waals surface area contributed by atoms with E-state index in [2.05, 4.69) is 25.4 Å². The normalized spacial score (nSPS) is 26.1. The molecule has 3 heterocycles. The number of rotatable bonds is 5. The quantitative estimate of drug-likeness (QED) is 0.330. The van der Waals surface area contributed by atoms with Gasteiger partial charge in [-0.1, -0.05) is 0 Å². The van der Waals surface area contributed by atoms with Crippen molar-refractivity contribution in [2.24, 2.45) is 10.9 Å². The maximum atomic E-state index is 12.2. The summed E-state index contributed by atoms with van der Waals surface area (Å²) >= 11 is 0. The van der Waals surface area contributed by atoms with E-state index in [1.807, 2.05) is 7.05 Å². The predicted molar refractivity (Wildman–Crippen MR) is 126 cm³/mol. The van der Waals surface area contributed by atoms with Crippen LogP contribution in [0.3, 0.4) is 0 Å². The van der Waals surface area contributed by atoms with E-state index >= 15 is 0 Å². The Labute approximate surface area is 192 Å². The highest BCUT2D eigenvalue weighted by molar-refractivity contribution is 14.0. The minimum Gasteiger partial charge on any atom is -0.381 e. The molecule has 4 fully saturated rings. The molecule has 29 heavy (non-hydrogen) atoms. The molecule has 7 nitrogen and oxygen atoms in total. The van der Waals surface area contributed by atoms with Gasteiger partial charge in [0.05, 0.1) is 0 Å². The maximum Gasteiger partial charge on any atom is 0.225 e. The van der Waals surface area contributed by atoms with Crippen molar-refractivity contribution in [1.29, 1.82) is 0 Å². The van der Waals surface area contributed by atoms with Crippen LogP contribution in [-0.2, 0) is 9.53 Å². The van der Waals surface area contributed by atoms with Gasteiger partial charge in [0.2, 0.25) is 5.91 Å². The third-order valence-corrected chi connectivity index (χ3v) is 7.08. The second kappa shape index (κ2) is 10.6. The van der Waals surface area contributed by atoms with Crippen molar-refractivity contribution >= 4 is 35.8 Å². The van der Waals surface area contributed by atoms with Crippen molar-refractivity contribution in [3.8, 4) is 0 Å². The summed E-state index contributed by atoms with van der Waals surface area (Å²) in [4.78, 5) is 21.5. The van der Waals surface area contributed by atoms with Gasteiger partial charge in [-0.15, -0.1) is 24.0 Å². The molecule has 166 valence electrons. The summed E-state index contributed by atoms with van der Waals surface area (Å²) in [5.41, 5.74) is 0.201. The molecule has 0 radical (unpaired) electrons. The van der Waals surface area contributed by atoms with E-state index in [1.165, 1.54) is 25.9 Å². The smallest absolute Gasteiger partial charge is 0.225 e. The molecular weight excluding hydrogens is 481 g/mol. The fourth-order valence-electron chi connectivity index (χ4n) is 5.02. The SMILES string of the molecule is CN=C(NCC1(N2CCCC2)CCOCC1)NC1CCN(C(=O)C2CC2)CC1.I. The Morgan fingerprint density at radius 1 is 1.07 bits per heavy atom. The molecule has 0 bridgehead atoms. The van der Waals surface area contributed by atoms with Crippen molar-refractivity contribution in [3.05, 3.63) is 0 Å². The zero-order valence-corrected chi connectivity index (χ0v) is 20.2. The average Bonchev–Trinajstić information content (AvgIpc) is 3.44. The fraction of sp³-hybridized carbons (Fsp3) is 0.905. The van der Waals surface area contributed by atoms with Gasteiger partial charge < -0.3 is 20.3 Å². The molecule has 2 N–H and O–H groups in total. The van der Waals surface area contributed by atoms with Crippen LogP contribution in [0.2, 0.25) is 0 Å². The number of guanidine groups is 1. The Hall–Kier alpha value is -0.610. The highest BCUT2D eigenvalue weighted by Gasteiger charge is 2.40. The number of likely N-dealkylation sites (tertiary alicyclic amines) is 2. The first-order valence-corrected chi connectivity index (χ1v) is 11.3. The van der Waals surface area contributed by atoms with Crippen molar-refractivity contribution in [3.63, 3.8) is 0 Å². The average molecular weight is 519 g/mol. The molecule has 4 rings (SSSR count). The van der Waals surface area contributed by atoms with Crippen LogP contribution in [0.5, 0.6) is 0 Å². The summed E-state index contributed by atoms with van der Waals surface area (Å²) in [5.74, 6) is 1.62. The molecule has 3 saturated heterocycles. The molecule has 3 aliphatic heterocycles.